The molecular formula is C12H16ClN. The maximum absolute atomic E-state index is 5.70. The average molecular weight is 210 g/mol. The summed E-state index contributed by atoms with van der Waals surface area (Å²) in [4.78, 5) is 4.34. The lowest BCUT2D eigenvalue weighted by Crippen LogP contribution is -2.05. The molecule has 1 fully saturated rings. The second-order valence-electron chi connectivity index (χ2n) is 4.05. The van der Waals surface area contributed by atoms with E-state index in [1.165, 1.54) is 37.7 Å². The van der Waals surface area contributed by atoms with Crippen molar-refractivity contribution in [1.82, 2.24) is 4.98 Å². The highest BCUT2D eigenvalue weighted by Crippen LogP contribution is 2.32. The van der Waals surface area contributed by atoms with Crippen LogP contribution in [0.1, 0.15) is 49.3 Å². The molecule has 0 atom stereocenters. The Balaban J connectivity index is 2.07. The minimum atomic E-state index is 0.519. The fourth-order valence-corrected chi connectivity index (χ4v) is 2.35. The van der Waals surface area contributed by atoms with Crippen molar-refractivity contribution >= 4 is 11.6 Å². The largest absolute Gasteiger partial charge is 0.260 e. The minimum Gasteiger partial charge on any atom is -0.260 e. The summed E-state index contributed by atoms with van der Waals surface area (Å²) < 4.78 is 0. The Morgan fingerprint density at radius 2 is 2.00 bits per heavy atom. The highest BCUT2D eigenvalue weighted by atomic mass is 35.5. The zero-order chi connectivity index (χ0) is 9.80. The van der Waals surface area contributed by atoms with Gasteiger partial charge in [0.2, 0.25) is 0 Å². The van der Waals surface area contributed by atoms with Gasteiger partial charge < -0.3 is 0 Å². The molecule has 1 aromatic heterocycles. The van der Waals surface area contributed by atoms with Crippen molar-refractivity contribution < 1.29 is 0 Å². The van der Waals surface area contributed by atoms with Crippen molar-refractivity contribution in [2.45, 2.75) is 43.9 Å². The van der Waals surface area contributed by atoms with Crippen molar-refractivity contribution in [2.75, 3.05) is 0 Å². The van der Waals surface area contributed by atoms with Gasteiger partial charge in [0.25, 0.3) is 0 Å². The fourth-order valence-electron chi connectivity index (χ4n) is 2.19. The smallest absolute Gasteiger partial charge is 0.0647 e. The maximum atomic E-state index is 5.70. The van der Waals surface area contributed by atoms with Crippen LogP contribution in [0.25, 0.3) is 0 Å². The zero-order valence-corrected chi connectivity index (χ0v) is 9.13. The summed E-state index contributed by atoms with van der Waals surface area (Å²) in [6.45, 7) is 0. The van der Waals surface area contributed by atoms with Gasteiger partial charge in [-0.2, -0.15) is 0 Å². The molecule has 1 aliphatic carbocycles. The molecule has 1 heterocycles. The average Bonchev–Trinajstić information content (AvgIpc) is 2.30. The standard InChI is InChI=1S/C12H16ClN/c13-8-12-7-6-11(9-14-12)10-4-2-1-3-5-10/h6-7,9-10H,1-5,8H2. The van der Waals surface area contributed by atoms with E-state index in [0.717, 1.165) is 11.6 Å². The number of alkyl halides is 1. The summed E-state index contributed by atoms with van der Waals surface area (Å²) in [7, 11) is 0. The zero-order valence-electron chi connectivity index (χ0n) is 8.38. The van der Waals surface area contributed by atoms with Gasteiger partial charge in [0.05, 0.1) is 11.6 Å². The van der Waals surface area contributed by atoms with Gasteiger partial charge in [-0.15, -0.1) is 11.6 Å². The molecule has 1 nitrogen and oxygen atoms in total. The number of halogens is 1. The molecule has 0 saturated heterocycles. The summed E-state index contributed by atoms with van der Waals surface area (Å²) in [6, 6.07) is 4.25. The first kappa shape index (κ1) is 9.97. The predicted molar refractivity (Wildman–Crippen MR) is 59.6 cm³/mol. The first-order valence-electron chi connectivity index (χ1n) is 5.41. The lowest BCUT2D eigenvalue weighted by molar-refractivity contribution is 0.443. The molecule has 0 bridgehead atoms. The molecule has 0 spiro atoms. The predicted octanol–water partition coefficient (Wildman–Crippen LogP) is 3.87. The second-order valence-corrected chi connectivity index (χ2v) is 4.32. The van der Waals surface area contributed by atoms with E-state index in [0.29, 0.717) is 5.88 Å². The number of aromatic nitrogens is 1. The van der Waals surface area contributed by atoms with Crippen molar-refractivity contribution in [3.63, 3.8) is 0 Å². The monoisotopic (exact) mass is 209 g/mol. The lowest BCUT2D eigenvalue weighted by Gasteiger charge is -2.21. The molecule has 14 heavy (non-hydrogen) atoms. The first-order valence-corrected chi connectivity index (χ1v) is 5.94. The highest BCUT2D eigenvalue weighted by molar-refractivity contribution is 6.16. The van der Waals surface area contributed by atoms with Crippen molar-refractivity contribution in [3.05, 3.63) is 29.6 Å². The summed E-state index contributed by atoms with van der Waals surface area (Å²) in [5, 5.41) is 0. The van der Waals surface area contributed by atoms with E-state index in [2.05, 4.69) is 17.1 Å². The first-order chi connectivity index (χ1) is 6.90. The van der Waals surface area contributed by atoms with Crippen molar-refractivity contribution in [3.8, 4) is 0 Å². The van der Waals surface area contributed by atoms with Crippen LogP contribution in [0.4, 0.5) is 0 Å². The molecule has 1 aromatic rings. The van der Waals surface area contributed by atoms with Gasteiger partial charge in [-0.3, -0.25) is 4.98 Å². The van der Waals surface area contributed by atoms with E-state index in [4.69, 9.17) is 11.6 Å². The number of nitrogens with zero attached hydrogens (tertiary/aromatic N) is 1. The van der Waals surface area contributed by atoms with E-state index in [-0.39, 0.29) is 0 Å². The Morgan fingerprint density at radius 3 is 2.57 bits per heavy atom. The van der Waals surface area contributed by atoms with Crippen molar-refractivity contribution in [1.29, 1.82) is 0 Å². The molecular weight excluding hydrogens is 194 g/mol. The van der Waals surface area contributed by atoms with E-state index < -0.39 is 0 Å². The molecule has 0 unspecified atom stereocenters. The maximum Gasteiger partial charge on any atom is 0.0647 e. The van der Waals surface area contributed by atoms with Gasteiger partial charge in [0.15, 0.2) is 0 Å². The van der Waals surface area contributed by atoms with Crippen LogP contribution in [0.5, 0.6) is 0 Å². The van der Waals surface area contributed by atoms with E-state index >= 15 is 0 Å². The number of rotatable bonds is 2. The summed E-state index contributed by atoms with van der Waals surface area (Å²) in [6.07, 6.45) is 8.84. The third-order valence-electron chi connectivity index (χ3n) is 3.06. The Hall–Kier alpha value is -0.560. The van der Waals surface area contributed by atoms with Gasteiger partial charge in [-0.1, -0.05) is 25.3 Å². The number of hydrogen-bond donors (Lipinski definition) is 0. The third kappa shape index (κ3) is 2.27. The van der Waals surface area contributed by atoms with Gasteiger partial charge >= 0.3 is 0 Å². The van der Waals surface area contributed by atoms with Crippen LogP contribution in [-0.4, -0.2) is 4.98 Å². The minimum absolute atomic E-state index is 0.519. The SMILES string of the molecule is ClCc1ccc(C2CCCCC2)cn1. The van der Waals surface area contributed by atoms with Crippen LogP contribution >= 0.6 is 11.6 Å². The Labute approximate surface area is 90.5 Å². The number of pyridine rings is 1. The van der Waals surface area contributed by atoms with Crippen molar-refractivity contribution in [2.24, 2.45) is 0 Å². The normalized spacial score (nSPS) is 18.4. The van der Waals surface area contributed by atoms with Gasteiger partial charge in [-0.25, -0.2) is 0 Å². The molecule has 0 radical (unpaired) electrons. The van der Waals surface area contributed by atoms with Gasteiger partial charge in [-0.05, 0) is 30.4 Å². The molecule has 0 N–H and O–H groups in total. The molecule has 2 heteroatoms. The topological polar surface area (TPSA) is 12.9 Å². The molecule has 2 rings (SSSR count). The Bertz CT molecular complexity index is 275. The van der Waals surface area contributed by atoms with Crippen LogP contribution in [0.2, 0.25) is 0 Å². The summed E-state index contributed by atoms with van der Waals surface area (Å²) in [5.41, 5.74) is 2.38. The molecule has 1 saturated carbocycles. The van der Waals surface area contributed by atoms with E-state index in [1.807, 2.05) is 6.20 Å². The van der Waals surface area contributed by atoms with Crippen LogP contribution in [-0.2, 0) is 5.88 Å². The van der Waals surface area contributed by atoms with E-state index in [9.17, 15) is 0 Å². The Morgan fingerprint density at radius 1 is 1.21 bits per heavy atom. The highest BCUT2D eigenvalue weighted by Gasteiger charge is 2.15. The number of hydrogen-bond acceptors (Lipinski definition) is 1. The van der Waals surface area contributed by atoms with Crippen LogP contribution in [0.15, 0.2) is 18.3 Å². The van der Waals surface area contributed by atoms with Gasteiger partial charge in [0.1, 0.15) is 0 Å². The summed E-state index contributed by atoms with van der Waals surface area (Å²) >= 11 is 5.70. The third-order valence-corrected chi connectivity index (χ3v) is 3.33. The van der Waals surface area contributed by atoms with Crippen LogP contribution in [0.3, 0.4) is 0 Å². The van der Waals surface area contributed by atoms with Crippen LogP contribution in [0, 0.1) is 0 Å². The quantitative estimate of drug-likeness (QED) is 0.674. The lowest BCUT2D eigenvalue weighted by atomic mass is 9.85. The van der Waals surface area contributed by atoms with Crippen LogP contribution < -0.4 is 0 Å². The second kappa shape index (κ2) is 4.79. The molecule has 0 amide bonds. The van der Waals surface area contributed by atoms with Gasteiger partial charge in [0, 0.05) is 6.20 Å². The Kier molecular flexibility index (Phi) is 3.41. The fraction of sp³-hybridized carbons (Fsp3) is 0.583. The molecule has 76 valence electrons. The molecule has 1 aliphatic rings. The van der Waals surface area contributed by atoms with E-state index in [1.54, 1.807) is 0 Å². The molecule has 0 aromatic carbocycles. The summed E-state index contributed by atoms with van der Waals surface area (Å²) in [5.74, 6) is 1.27. The molecule has 0 aliphatic heterocycles.